The Balaban J connectivity index is 1.17. The standard InChI is InChI=1S/C32H33F3N8O2/c1-20-6-7-24(38-30(45)21-4-3-5-23(14-21)32(33,34)35)15-27(20)43-18-22-16-37-31(40-29(22)41(2)19-43)39-25-8-9-28(36-17-25)42-12-10-26(44)11-13-42/h3-9,14-17,26,44H,10-13,18-19H2,1-2H3,(H,38,45)(H,37,39,40)/i10D2,11D2,12D2,13D2. The summed E-state index contributed by atoms with van der Waals surface area (Å²) in [7, 11) is 1.81. The number of pyridine rings is 1. The fourth-order valence-corrected chi connectivity index (χ4v) is 4.86. The van der Waals surface area contributed by atoms with E-state index in [0.29, 0.717) is 30.4 Å². The Labute approximate surface area is 269 Å². The van der Waals surface area contributed by atoms with Gasteiger partial charge >= 0.3 is 6.18 Å². The first-order valence-electron chi connectivity index (χ1n) is 17.7. The van der Waals surface area contributed by atoms with E-state index in [9.17, 15) is 23.1 Å². The molecule has 2 aromatic heterocycles. The number of piperidine rings is 1. The highest BCUT2D eigenvalue weighted by molar-refractivity contribution is 6.04. The van der Waals surface area contributed by atoms with Crippen LogP contribution in [0.4, 0.5) is 47.8 Å². The van der Waals surface area contributed by atoms with Crippen molar-refractivity contribution < 1.29 is 34.0 Å². The van der Waals surface area contributed by atoms with Gasteiger partial charge in [-0.15, -0.1) is 0 Å². The van der Waals surface area contributed by atoms with Gasteiger partial charge in [-0.3, -0.25) is 4.79 Å². The zero-order valence-electron chi connectivity index (χ0n) is 32.0. The first kappa shape index (κ1) is 21.7. The van der Waals surface area contributed by atoms with Crippen LogP contribution in [0.1, 0.15) is 50.8 Å². The van der Waals surface area contributed by atoms with Crippen LogP contribution in [-0.4, -0.2) is 58.8 Å². The number of hydrogen-bond acceptors (Lipinski definition) is 9. The molecular formula is C32H33F3N8O2. The number of aryl methyl sites for hydroxylation is 1. The van der Waals surface area contributed by atoms with Crippen LogP contribution in [0, 0.1) is 6.92 Å². The second-order valence-electron chi connectivity index (χ2n) is 10.4. The van der Waals surface area contributed by atoms with Crippen molar-refractivity contribution in [2.24, 2.45) is 0 Å². The Morgan fingerprint density at radius 1 is 1.02 bits per heavy atom. The van der Waals surface area contributed by atoms with E-state index in [0.717, 1.165) is 28.9 Å². The van der Waals surface area contributed by atoms with Crippen molar-refractivity contribution in [3.8, 4) is 0 Å². The summed E-state index contributed by atoms with van der Waals surface area (Å²) in [5.41, 5.74) is 2.01. The number of carbonyl (C=O) groups excluding carboxylic acids is 1. The molecule has 4 aromatic rings. The zero-order chi connectivity index (χ0) is 38.9. The van der Waals surface area contributed by atoms with Crippen molar-refractivity contribution in [2.75, 3.05) is 52.0 Å². The van der Waals surface area contributed by atoms with Crippen LogP contribution in [0.3, 0.4) is 0 Å². The van der Waals surface area contributed by atoms with Gasteiger partial charge in [-0.25, -0.2) is 9.97 Å². The maximum atomic E-state index is 13.2. The highest BCUT2D eigenvalue weighted by Crippen LogP contribution is 2.33. The number of aromatic nitrogens is 3. The molecule has 2 aliphatic rings. The van der Waals surface area contributed by atoms with E-state index < -0.39 is 55.3 Å². The monoisotopic (exact) mass is 626 g/mol. The molecule has 0 radical (unpaired) electrons. The molecule has 1 fully saturated rings. The zero-order valence-corrected chi connectivity index (χ0v) is 24.0. The van der Waals surface area contributed by atoms with E-state index in [4.69, 9.17) is 11.0 Å². The first-order valence-corrected chi connectivity index (χ1v) is 13.7. The molecule has 1 saturated heterocycles. The van der Waals surface area contributed by atoms with Crippen LogP contribution in [0.5, 0.6) is 0 Å². The summed E-state index contributed by atoms with van der Waals surface area (Å²) in [6, 6.07) is 11.9. The van der Waals surface area contributed by atoms with E-state index in [-0.39, 0.29) is 16.4 Å². The fourth-order valence-electron chi connectivity index (χ4n) is 4.86. The number of rotatable bonds is 6. The number of aliphatic hydroxyl groups is 1. The lowest BCUT2D eigenvalue weighted by molar-refractivity contribution is -0.137. The van der Waals surface area contributed by atoms with Crippen LogP contribution >= 0.6 is 0 Å². The lowest BCUT2D eigenvalue weighted by Crippen LogP contribution is -2.41. The molecule has 2 aromatic carbocycles. The molecular weight excluding hydrogens is 585 g/mol. The number of aliphatic hydroxyl groups excluding tert-OH is 1. The number of halogens is 3. The Morgan fingerprint density at radius 2 is 1.80 bits per heavy atom. The van der Waals surface area contributed by atoms with Crippen LogP contribution in [-0.2, 0) is 12.7 Å². The van der Waals surface area contributed by atoms with E-state index >= 15 is 0 Å². The summed E-state index contributed by atoms with van der Waals surface area (Å²) in [6.45, 7) is -3.76. The molecule has 0 atom stereocenters. The molecule has 10 nitrogen and oxygen atoms in total. The van der Waals surface area contributed by atoms with Crippen LogP contribution in [0.25, 0.3) is 0 Å². The van der Waals surface area contributed by atoms with Crippen LogP contribution < -0.4 is 25.3 Å². The predicted molar refractivity (Wildman–Crippen MR) is 167 cm³/mol. The van der Waals surface area contributed by atoms with E-state index in [1.807, 2.05) is 23.8 Å². The third-order valence-electron chi connectivity index (χ3n) is 7.07. The van der Waals surface area contributed by atoms with Gasteiger partial charge < -0.3 is 30.4 Å². The topological polar surface area (TPSA) is 110 Å². The third-order valence-corrected chi connectivity index (χ3v) is 7.07. The van der Waals surface area contributed by atoms with Gasteiger partial charge in [0.2, 0.25) is 5.95 Å². The quantitative estimate of drug-likeness (QED) is 0.253. The molecule has 0 saturated carbocycles. The number of fused-ring (bicyclic) bond motifs is 1. The van der Waals surface area contributed by atoms with Crippen molar-refractivity contribution in [3.63, 3.8) is 0 Å². The Morgan fingerprint density at radius 3 is 2.53 bits per heavy atom. The molecule has 2 aliphatic heterocycles. The maximum absolute atomic E-state index is 13.2. The number of amides is 1. The Bertz CT molecular complexity index is 2030. The van der Waals surface area contributed by atoms with Gasteiger partial charge in [-0.2, -0.15) is 18.2 Å². The molecule has 0 spiro atoms. The van der Waals surface area contributed by atoms with Crippen LogP contribution in [0.15, 0.2) is 67.0 Å². The third kappa shape index (κ3) is 6.78. The van der Waals surface area contributed by atoms with Gasteiger partial charge in [-0.05, 0) is 67.7 Å². The van der Waals surface area contributed by atoms with Gasteiger partial charge in [0.05, 0.1) is 30.2 Å². The summed E-state index contributed by atoms with van der Waals surface area (Å²) in [6.07, 6.45) is -10.8. The number of hydrogen-bond donors (Lipinski definition) is 3. The van der Waals surface area contributed by atoms with Crippen LogP contribution in [0.2, 0.25) is 0 Å². The minimum Gasteiger partial charge on any atom is -0.393 e. The SMILES string of the molecule is [2H]C1([2H])C(O)C([2H])([2H])C([2H])([2H])N(c2ccc(Nc3ncc4c(n3)N(C)CN(c3cc(NC(=O)c5cccc(C(F)(F)F)c5)ccc3C)C4)cn2)C1([2H])[2H]. The predicted octanol–water partition coefficient (Wildman–Crippen LogP) is 5.57. The maximum Gasteiger partial charge on any atom is 0.416 e. The van der Waals surface area contributed by atoms with Gasteiger partial charge in [0, 0.05) is 66.3 Å². The minimum absolute atomic E-state index is 0.135. The highest BCUT2D eigenvalue weighted by atomic mass is 19.4. The second kappa shape index (κ2) is 12.2. The summed E-state index contributed by atoms with van der Waals surface area (Å²) < 4.78 is 105. The van der Waals surface area contributed by atoms with Gasteiger partial charge in [0.15, 0.2) is 0 Å². The number of carbonyl (C=O) groups is 1. The summed E-state index contributed by atoms with van der Waals surface area (Å²) in [5, 5.41) is 15.9. The highest BCUT2D eigenvalue weighted by Gasteiger charge is 2.31. The van der Waals surface area contributed by atoms with Crippen molar-refractivity contribution in [3.05, 3.63) is 89.2 Å². The molecule has 0 bridgehead atoms. The summed E-state index contributed by atoms with van der Waals surface area (Å²) >= 11 is 0. The average Bonchev–Trinajstić information content (AvgIpc) is 3.08. The van der Waals surface area contributed by atoms with E-state index in [1.54, 1.807) is 24.4 Å². The molecule has 0 aliphatic carbocycles. The normalized spacial score (nSPS) is 22.7. The minimum atomic E-state index is -4.59. The lowest BCUT2D eigenvalue weighted by atomic mass is 10.1. The summed E-state index contributed by atoms with van der Waals surface area (Å²) in [5.74, 6) is -0.351. The molecule has 6 rings (SSSR count). The van der Waals surface area contributed by atoms with E-state index in [1.165, 1.54) is 30.5 Å². The number of benzene rings is 2. The van der Waals surface area contributed by atoms with Crippen molar-refractivity contribution in [1.29, 1.82) is 0 Å². The number of anilines is 6. The number of alkyl halides is 3. The number of nitrogens with zero attached hydrogens (tertiary/aromatic N) is 6. The molecule has 234 valence electrons. The molecule has 45 heavy (non-hydrogen) atoms. The fraction of sp³-hybridized carbons (Fsp3) is 0.312. The molecule has 3 N–H and O–H groups in total. The smallest absolute Gasteiger partial charge is 0.393 e. The molecule has 4 heterocycles. The molecule has 0 unspecified atom stereocenters. The molecule has 13 heteroatoms. The average molecular weight is 627 g/mol. The van der Waals surface area contributed by atoms with Gasteiger partial charge in [0.25, 0.3) is 5.91 Å². The first-order chi connectivity index (χ1) is 24.6. The van der Waals surface area contributed by atoms with Crippen molar-refractivity contribution in [2.45, 2.75) is 38.5 Å². The summed E-state index contributed by atoms with van der Waals surface area (Å²) in [4.78, 5) is 30.1. The Kier molecular flexibility index (Phi) is 5.91. The Hall–Kier alpha value is -4.91. The van der Waals surface area contributed by atoms with Crippen molar-refractivity contribution >= 4 is 40.6 Å². The van der Waals surface area contributed by atoms with Gasteiger partial charge in [0.1, 0.15) is 11.6 Å². The second-order valence-corrected chi connectivity index (χ2v) is 10.4. The van der Waals surface area contributed by atoms with E-state index in [2.05, 4.69) is 25.6 Å². The number of nitrogens with one attached hydrogen (secondary N) is 2. The van der Waals surface area contributed by atoms with Crippen molar-refractivity contribution in [1.82, 2.24) is 15.0 Å². The lowest BCUT2D eigenvalue weighted by Gasteiger charge is -2.37. The molecule has 1 amide bonds. The van der Waals surface area contributed by atoms with Gasteiger partial charge in [-0.1, -0.05) is 12.1 Å². The largest absolute Gasteiger partial charge is 0.416 e.